The summed E-state index contributed by atoms with van der Waals surface area (Å²) in [6.45, 7) is 4.20. The zero-order valence-corrected chi connectivity index (χ0v) is 10.5. The van der Waals surface area contributed by atoms with E-state index in [1.54, 1.807) is 0 Å². The van der Waals surface area contributed by atoms with Crippen LogP contribution in [0.25, 0.3) is 11.3 Å². The highest BCUT2D eigenvalue weighted by Crippen LogP contribution is 2.22. The van der Waals surface area contributed by atoms with Crippen LogP contribution in [0.1, 0.15) is 25.5 Å². The molecule has 0 spiro atoms. The van der Waals surface area contributed by atoms with Crippen LogP contribution in [0.3, 0.4) is 0 Å². The van der Waals surface area contributed by atoms with Crippen LogP contribution in [0.2, 0.25) is 0 Å². The van der Waals surface area contributed by atoms with Crippen molar-refractivity contribution in [2.45, 2.75) is 26.3 Å². The Morgan fingerprint density at radius 2 is 2.00 bits per heavy atom. The Bertz CT molecular complexity index is 541. The maximum absolute atomic E-state index is 10.6. The molecule has 0 amide bonds. The number of hydrogen-bond donors (Lipinski definition) is 1. The summed E-state index contributed by atoms with van der Waals surface area (Å²) in [6, 6.07) is 7.92. The molecule has 4 nitrogen and oxygen atoms in total. The van der Waals surface area contributed by atoms with Gasteiger partial charge in [-0.3, -0.25) is 4.79 Å². The minimum Gasteiger partial charge on any atom is -0.481 e. The fourth-order valence-electron chi connectivity index (χ4n) is 1.91. The molecule has 0 fully saturated rings. The van der Waals surface area contributed by atoms with Gasteiger partial charge >= 0.3 is 5.97 Å². The number of aromatic nitrogens is 2. The number of carboxylic acid groups (broad SMARTS) is 1. The Kier molecular flexibility index (Phi) is 3.46. The highest BCUT2D eigenvalue weighted by molar-refractivity contribution is 5.70. The number of carbonyl (C=O) groups is 1. The molecule has 0 aliphatic carbocycles. The molecule has 0 saturated carbocycles. The summed E-state index contributed by atoms with van der Waals surface area (Å²) in [5, 5.41) is 8.72. The molecule has 0 bridgehead atoms. The highest BCUT2D eigenvalue weighted by atomic mass is 16.4. The molecule has 1 aromatic heterocycles. The van der Waals surface area contributed by atoms with Crippen molar-refractivity contribution in [2.75, 3.05) is 0 Å². The van der Waals surface area contributed by atoms with E-state index in [4.69, 9.17) is 5.11 Å². The number of benzene rings is 1. The van der Waals surface area contributed by atoms with Crippen molar-refractivity contribution in [3.63, 3.8) is 0 Å². The molecule has 0 aliphatic rings. The number of rotatable bonds is 4. The van der Waals surface area contributed by atoms with Crippen LogP contribution < -0.4 is 0 Å². The second-order valence-corrected chi connectivity index (χ2v) is 4.55. The summed E-state index contributed by atoms with van der Waals surface area (Å²) in [5.74, 6) is -0.810. The lowest BCUT2D eigenvalue weighted by Crippen LogP contribution is -2.02. The van der Waals surface area contributed by atoms with Gasteiger partial charge in [-0.25, -0.2) is 4.98 Å². The van der Waals surface area contributed by atoms with E-state index in [2.05, 4.69) is 23.4 Å². The van der Waals surface area contributed by atoms with Crippen molar-refractivity contribution < 1.29 is 9.90 Å². The summed E-state index contributed by atoms with van der Waals surface area (Å²) >= 11 is 0. The van der Waals surface area contributed by atoms with Gasteiger partial charge in [-0.05, 0) is 25.0 Å². The van der Waals surface area contributed by atoms with E-state index >= 15 is 0 Å². The molecule has 0 radical (unpaired) electrons. The smallest absolute Gasteiger partial charge is 0.307 e. The summed E-state index contributed by atoms with van der Waals surface area (Å²) in [7, 11) is 0. The first kappa shape index (κ1) is 12.4. The van der Waals surface area contributed by atoms with Crippen LogP contribution in [0.15, 0.2) is 36.8 Å². The van der Waals surface area contributed by atoms with Crippen LogP contribution in [-0.4, -0.2) is 20.6 Å². The number of imidazole rings is 1. The van der Waals surface area contributed by atoms with E-state index in [0.29, 0.717) is 6.04 Å². The van der Waals surface area contributed by atoms with Crippen LogP contribution in [0.5, 0.6) is 0 Å². The second-order valence-electron chi connectivity index (χ2n) is 4.55. The minimum absolute atomic E-state index is 0.0592. The highest BCUT2D eigenvalue weighted by Gasteiger charge is 2.08. The van der Waals surface area contributed by atoms with Gasteiger partial charge in [0.15, 0.2) is 0 Å². The molecule has 0 unspecified atom stereocenters. The fraction of sp³-hybridized carbons (Fsp3) is 0.286. The molecule has 1 N–H and O–H groups in total. The Morgan fingerprint density at radius 1 is 1.33 bits per heavy atom. The lowest BCUT2D eigenvalue weighted by Gasteiger charge is -2.11. The van der Waals surface area contributed by atoms with Gasteiger partial charge in [0.2, 0.25) is 0 Å². The van der Waals surface area contributed by atoms with Gasteiger partial charge in [-0.15, -0.1) is 0 Å². The molecule has 0 aliphatic heterocycles. The van der Waals surface area contributed by atoms with Crippen LogP contribution in [0.4, 0.5) is 0 Å². The topological polar surface area (TPSA) is 55.1 Å². The van der Waals surface area contributed by atoms with Gasteiger partial charge < -0.3 is 9.67 Å². The molecule has 18 heavy (non-hydrogen) atoms. The number of nitrogens with zero attached hydrogens (tertiary/aromatic N) is 2. The third-order valence-corrected chi connectivity index (χ3v) is 2.83. The van der Waals surface area contributed by atoms with E-state index in [0.717, 1.165) is 16.8 Å². The molecular formula is C14H16N2O2. The zero-order valence-electron chi connectivity index (χ0n) is 10.5. The molecule has 4 heteroatoms. The first-order chi connectivity index (χ1) is 8.58. The van der Waals surface area contributed by atoms with Crippen molar-refractivity contribution in [1.82, 2.24) is 9.55 Å². The van der Waals surface area contributed by atoms with Gasteiger partial charge in [-0.2, -0.15) is 0 Å². The quantitative estimate of drug-likeness (QED) is 0.899. The minimum atomic E-state index is -0.810. The van der Waals surface area contributed by atoms with E-state index in [-0.39, 0.29) is 6.42 Å². The molecule has 0 saturated heterocycles. The maximum Gasteiger partial charge on any atom is 0.307 e. The van der Waals surface area contributed by atoms with Gasteiger partial charge in [0.05, 0.1) is 24.6 Å². The van der Waals surface area contributed by atoms with Gasteiger partial charge in [0.1, 0.15) is 0 Å². The molecule has 0 atom stereocenters. The summed E-state index contributed by atoms with van der Waals surface area (Å²) in [4.78, 5) is 14.8. The lowest BCUT2D eigenvalue weighted by atomic mass is 10.1. The molecular weight excluding hydrogens is 228 g/mol. The molecule has 2 aromatic rings. The number of carboxylic acids is 1. The van der Waals surface area contributed by atoms with Crippen molar-refractivity contribution in [3.05, 3.63) is 42.4 Å². The van der Waals surface area contributed by atoms with E-state index in [1.165, 1.54) is 0 Å². The van der Waals surface area contributed by atoms with Crippen molar-refractivity contribution in [3.8, 4) is 11.3 Å². The largest absolute Gasteiger partial charge is 0.481 e. The summed E-state index contributed by atoms with van der Waals surface area (Å²) < 4.78 is 2.09. The third-order valence-electron chi connectivity index (χ3n) is 2.83. The van der Waals surface area contributed by atoms with Crippen molar-refractivity contribution >= 4 is 5.97 Å². The van der Waals surface area contributed by atoms with E-state index < -0.39 is 5.97 Å². The average molecular weight is 244 g/mol. The lowest BCUT2D eigenvalue weighted by molar-refractivity contribution is -0.136. The summed E-state index contributed by atoms with van der Waals surface area (Å²) in [6.07, 6.45) is 3.70. The van der Waals surface area contributed by atoms with Crippen molar-refractivity contribution in [1.29, 1.82) is 0 Å². The molecule has 1 aromatic carbocycles. The SMILES string of the molecule is CC(C)n1cncc1-c1ccc(CC(=O)O)cc1. The number of hydrogen-bond acceptors (Lipinski definition) is 2. The maximum atomic E-state index is 10.6. The van der Waals surface area contributed by atoms with Crippen molar-refractivity contribution in [2.24, 2.45) is 0 Å². The normalized spacial score (nSPS) is 10.8. The molecule has 2 rings (SSSR count). The standard InChI is InChI=1S/C14H16N2O2/c1-10(2)16-9-15-8-13(16)12-5-3-11(4-6-12)7-14(17)18/h3-6,8-10H,7H2,1-2H3,(H,17,18). The van der Waals surface area contributed by atoms with Gasteiger partial charge in [-0.1, -0.05) is 24.3 Å². The Balaban J connectivity index is 2.29. The second kappa shape index (κ2) is 5.04. The Hall–Kier alpha value is -2.10. The van der Waals surface area contributed by atoms with Crippen LogP contribution in [0, 0.1) is 0 Å². The Morgan fingerprint density at radius 3 is 2.56 bits per heavy atom. The van der Waals surface area contributed by atoms with Gasteiger partial charge in [0, 0.05) is 6.04 Å². The summed E-state index contributed by atoms with van der Waals surface area (Å²) in [5.41, 5.74) is 2.91. The predicted molar refractivity (Wildman–Crippen MR) is 69.4 cm³/mol. The molecule has 1 heterocycles. The van der Waals surface area contributed by atoms with Crippen LogP contribution >= 0.6 is 0 Å². The van der Waals surface area contributed by atoms with Crippen LogP contribution in [-0.2, 0) is 11.2 Å². The third kappa shape index (κ3) is 2.59. The van der Waals surface area contributed by atoms with E-state index in [1.807, 2.05) is 36.8 Å². The average Bonchev–Trinajstić information content (AvgIpc) is 2.78. The first-order valence-corrected chi connectivity index (χ1v) is 5.91. The zero-order chi connectivity index (χ0) is 13.1. The van der Waals surface area contributed by atoms with Gasteiger partial charge in [0.25, 0.3) is 0 Å². The molecule has 94 valence electrons. The van der Waals surface area contributed by atoms with E-state index in [9.17, 15) is 4.79 Å². The predicted octanol–water partition coefficient (Wildman–Crippen LogP) is 2.76. The fourth-order valence-corrected chi connectivity index (χ4v) is 1.91. The first-order valence-electron chi connectivity index (χ1n) is 5.91. The monoisotopic (exact) mass is 244 g/mol. The Labute approximate surface area is 106 Å². The number of aliphatic carboxylic acids is 1.